The first-order chi connectivity index (χ1) is 14.2. The molecule has 2 aliphatic carbocycles. The standard InChI is InChI=1S/C24H36O6/c1-5-6-21(27)30-18-13-29-22(28)16(18)8-9-17-15(2)7-10-19-23(17,3)12-11-20(26)24(19,4)14-25/h17,19-20,25-26H,2,5-14H2,1,3-4H3/t17-,19+,20-,23+,24+/m1/s1. The van der Waals surface area contributed by atoms with Crippen LogP contribution < -0.4 is 0 Å². The van der Waals surface area contributed by atoms with E-state index in [1.807, 2.05) is 13.8 Å². The Morgan fingerprint density at radius 1 is 1.33 bits per heavy atom. The van der Waals surface area contributed by atoms with Crippen molar-refractivity contribution in [3.05, 3.63) is 23.5 Å². The highest BCUT2D eigenvalue weighted by Gasteiger charge is 2.57. The van der Waals surface area contributed by atoms with Crippen LogP contribution in [-0.2, 0) is 19.1 Å². The zero-order chi connectivity index (χ0) is 22.1. The quantitative estimate of drug-likeness (QED) is 0.482. The molecule has 2 N–H and O–H groups in total. The smallest absolute Gasteiger partial charge is 0.338 e. The zero-order valence-corrected chi connectivity index (χ0v) is 18.5. The highest BCUT2D eigenvalue weighted by atomic mass is 16.6. The number of ether oxygens (including phenoxy) is 2. The van der Waals surface area contributed by atoms with Crippen LogP contribution in [-0.4, -0.2) is 41.5 Å². The van der Waals surface area contributed by atoms with Gasteiger partial charge in [-0.15, -0.1) is 0 Å². The van der Waals surface area contributed by atoms with Crippen molar-refractivity contribution in [3.63, 3.8) is 0 Å². The second-order valence-electron chi connectivity index (χ2n) is 9.77. The predicted octanol–water partition coefficient (Wildman–Crippen LogP) is 3.66. The maximum atomic E-state index is 12.3. The van der Waals surface area contributed by atoms with Gasteiger partial charge in [-0.05, 0) is 62.2 Å². The highest BCUT2D eigenvalue weighted by Crippen LogP contribution is 2.61. The average Bonchev–Trinajstić information content (AvgIpc) is 3.04. The van der Waals surface area contributed by atoms with Gasteiger partial charge in [0.1, 0.15) is 6.61 Å². The largest absolute Gasteiger partial charge is 0.454 e. The first-order valence-corrected chi connectivity index (χ1v) is 11.2. The van der Waals surface area contributed by atoms with Gasteiger partial charge in [-0.2, -0.15) is 0 Å². The molecule has 0 unspecified atom stereocenters. The number of fused-ring (bicyclic) bond motifs is 1. The lowest BCUT2D eigenvalue weighted by Crippen LogP contribution is -2.57. The van der Waals surface area contributed by atoms with Crippen LogP contribution in [0.15, 0.2) is 23.5 Å². The summed E-state index contributed by atoms with van der Waals surface area (Å²) in [5.74, 6) is -0.0429. The van der Waals surface area contributed by atoms with E-state index in [1.54, 1.807) is 0 Å². The minimum absolute atomic E-state index is 0.0178. The summed E-state index contributed by atoms with van der Waals surface area (Å²) in [5.41, 5.74) is 0.993. The van der Waals surface area contributed by atoms with Crippen molar-refractivity contribution in [3.8, 4) is 0 Å². The molecule has 30 heavy (non-hydrogen) atoms. The highest BCUT2D eigenvalue weighted by molar-refractivity contribution is 5.91. The van der Waals surface area contributed by atoms with E-state index < -0.39 is 17.5 Å². The van der Waals surface area contributed by atoms with Crippen molar-refractivity contribution in [1.82, 2.24) is 0 Å². The number of allylic oxidation sites excluding steroid dienone is 1. The van der Waals surface area contributed by atoms with Crippen LogP contribution >= 0.6 is 0 Å². The summed E-state index contributed by atoms with van der Waals surface area (Å²) in [5, 5.41) is 20.8. The lowest BCUT2D eigenvalue weighted by Gasteiger charge is -2.60. The number of aliphatic hydroxyl groups excluding tert-OH is 2. The minimum Gasteiger partial charge on any atom is -0.454 e. The Morgan fingerprint density at radius 3 is 2.73 bits per heavy atom. The molecule has 1 aliphatic heterocycles. The van der Waals surface area contributed by atoms with Crippen LogP contribution in [0.25, 0.3) is 0 Å². The molecule has 2 fully saturated rings. The lowest BCUT2D eigenvalue weighted by molar-refractivity contribution is -0.152. The molecular formula is C24H36O6. The summed E-state index contributed by atoms with van der Waals surface area (Å²) in [6.45, 7) is 10.5. The summed E-state index contributed by atoms with van der Waals surface area (Å²) in [7, 11) is 0. The molecule has 0 aromatic rings. The van der Waals surface area contributed by atoms with Gasteiger partial charge in [0.15, 0.2) is 5.76 Å². The fourth-order valence-corrected chi connectivity index (χ4v) is 6.17. The molecule has 3 aliphatic rings. The summed E-state index contributed by atoms with van der Waals surface area (Å²) in [4.78, 5) is 24.2. The third kappa shape index (κ3) is 3.96. The monoisotopic (exact) mass is 420 g/mol. The van der Waals surface area contributed by atoms with Gasteiger partial charge in [-0.1, -0.05) is 32.9 Å². The molecule has 0 spiro atoms. The van der Waals surface area contributed by atoms with Gasteiger partial charge in [0.05, 0.1) is 18.3 Å². The van der Waals surface area contributed by atoms with E-state index in [-0.39, 0.29) is 36.4 Å². The second kappa shape index (κ2) is 8.83. The molecule has 0 aromatic carbocycles. The Bertz CT molecular complexity index is 740. The average molecular weight is 421 g/mol. The fraction of sp³-hybridized carbons (Fsp3) is 0.750. The second-order valence-corrected chi connectivity index (χ2v) is 9.77. The molecule has 0 radical (unpaired) electrons. The molecule has 2 saturated carbocycles. The fourth-order valence-electron chi connectivity index (χ4n) is 6.17. The van der Waals surface area contributed by atoms with Crippen LogP contribution in [0.2, 0.25) is 0 Å². The van der Waals surface area contributed by atoms with Crippen molar-refractivity contribution in [2.24, 2.45) is 22.7 Å². The molecule has 6 nitrogen and oxygen atoms in total. The van der Waals surface area contributed by atoms with E-state index in [4.69, 9.17) is 9.47 Å². The maximum absolute atomic E-state index is 12.3. The topological polar surface area (TPSA) is 93.1 Å². The van der Waals surface area contributed by atoms with Gasteiger partial charge in [-0.3, -0.25) is 4.79 Å². The molecule has 6 heteroatoms. The van der Waals surface area contributed by atoms with Gasteiger partial charge in [0.25, 0.3) is 0 Å². The summed E-state index contributed by atoms with van der Waals surface area (Å²) in [6.07, 6.45) is 4.95. The van der Waals surface area contributed by atoms with Gasteiger partial charge in [0, 0.05) is 11.8 Å². The number of esters is 2. The molecule has 0 bridgehead atoms. The SMILES string of the molecule is C=C1CC[C@@H]2[C@](C)(CO)[C@H](O)CC[C@@]2(C)[C@@H]1CCC1=C(OC(=O)CCC)COC1=O. The Hall–Kier alpha value is -1.66. The molecule has 168 valence electrons. The Labute approximate surface area is 179 Å². The predicted molar refractivity (Wildman–Crippen MR) is 112 cm³/mol. The van der Waals surface area contributed by atoms with Crippen LogP contribution in [0.3, 0.4) is 0 Å². The number of carbonyl (C=O) groups excluding carboxylic acids is 2. The number of cyclic esters (lactones) is 1. The van der Waals surface area contributed by atoms with Crippen LogP contribution in [0.1, 0.15) is 72.1 Å². The van der Waals surface area contributed by atoms with E-state index >= 15 is 0 Å². The number of aliphatic hydroxyl groups is 2. The normalized spacial score (nSPS) is 36.5. The van der Waals surface area contributed by atoms with E-state index in [1.165, 1.54) is 5.57 Å². The molecule has 1 heterocycles. The van der Waals surface area contributed by atoms with Crippen molar-refractivity contribution < 1.29 is 29.3 Å². The maximum Gasteiger partial charge on any atom is 0.338 e. The first-order valence-electron chi connectivity index (χ1n) is 11.2. The zero-order valence-electron chi connectivity index (χ0n) is 18.5. The number of hydrogen-bond donors (Lipinski definition) is 2. The summed E-state index contributed by atoms with van der Waals surface area (Å²) < 4.78 is 10.5. The molecule has 5 atom stereocenters. The van der Waals surface area contributed by atoms with E-state index in [2.05, 4.69) is 13.5 Å². The minimum atomic E-state index is -0.529. The molecule has 3 rings (SSSR count). The van der Waals surface area contributed by atoms with E-state index in [9.17, 15) is 19.8 Å². The van der Waals surface area contributed by atoms with Crippen molar-refractivity contribution >= 4 is 11.9 Å². The Balaban J connectivity index is 1.80. The summed E-state index contributed by atoms with van der Waals surface area (Å²) >= 11 is 0. The molecule has 0 amide bonds. The Morgan fingerprint density at radius 2 is 2.07 bits per heavy atom. The summed E-state index contributed by atoms with van der Waals surface area (Å²) in [6, 6.07) is 0. The van der Waals surface area contributed by atoms with Crippen molar-refractivity contribution in [1.29, 1.82) is 0 Å². The van der Waals surface area contributed by atoms with E-state index in [0.717, 1.165) is 19.3 Å². The third-order valence-electron chi connectivity index (χ3n) is 7.98. The number of rotatable bonds is 7. The van der Waals surface area contributed by atoms with Crippen LogP contribution in [0.4, 0.5) is 0 Å². The van der Waals surface area contributed by atoms with E-state index in [0.29, 0.717) is 43.4 Å². The number of hydrogen-bond acceptors (Lipinski definition) is 6. The molecule has 0 aromatic heterocycles. The molecule has 0 saturated heterocycles. The van der Waals surface area contributed by atoms with Gasteiger partial charge < -0.3 is 19.7 Å². The van der Waals surface area contributed by atoms with Crippen LogP contribution in [0.5, 0.6) is 0 Å². The van der Waals surface area contributed by atoms with Crippen LogP contribution in [0, 0.1) is 22.7 Å². The van der Waals surface area contributed by atoms with Gasteiger partial charge >= 0.3 is 11.9 Å². The number of carbonyl (C=O) groups is 2. The Kier molecular flexibility index (Phi) is 6.78. The van der Waals surface area contributed by atoms with Gasteiger partial charge in [0.2, 0.25) is 0 Å². The molecular weight excluding hydrogens is 384 g/mol. The third-order valence-corrected chi connectivity index (χ3v) is 7.98. The van der Waals surface area contributed by atoms with Crippen molar-refractivity contribution in [2.75, 3.05) is 13.2 Å². The first kappa shape index (κ1) is 23.0. The lowest BCUT2D eigenvalue weighted by atomic mass is 9.46. The van der Waals surface area contributed by atoms with Crippen molar-refractivity contribution in [2.45, 2.75) is 78.2 Å². The van der Waals surface area contributed by atoms with Gasteiger partial charge in [-0.25, -0.2) is 4.79 Å².